The molecule has 0 aliphatic carbocycles. The maximum absolute atomic E-state index is 11.3. The lowest BCUT2D eigenvalue weighted by atomic mass is 10.3. The highest BCUT2D eigenvalue weighted by molar-refractivity contribution is 9.10. The third-order valence-electron chi connectivity index (χ3n) is 1.37. The van der Waals surface area contributed by atoms with Gasteiger partial charge in [0.15, 0.2) is 5.43 Å². The van der Waals surface area contributed by atoms with Crippen LogP contribution in [0.1, 0.15) is 24.3 Å². The molecule has 0 aromatic carbocycles. The number of pyridine rings is 1. The molecule has 0 aliphatic rings. The Hall–Kier alpha value is -1.10. The van der Waals surface area contributed by atoms with Gasteiger partial charge in [-0.3, -0.25) is 4.79 Å². The number of hydrogen-bond donors (Lipinski definition) is 1. The second-order valence-electron chi connectivity index (χ2n) is 3.03. The third kappa shape index (κ3) is 2.99. The molecular weight excluding hydrogens is 250 g/mol. The summed E-state index contributed by atoms with van der Waals surface area (Å²) in [4.78, 5) is 25.1. The summed E-state index contributed by atoms with van der Waals surface area (Å²) in [5, 5.41) is 0. The standard InChI is InChI=1S/C9H10BrNO3/c1-5(2)14-9(13)7-3-6(12)4-8(10)11-7/h3-5H,1-2H3,(H,11,12). The number of nitrogens with one attached hydrogen (secondary N) is 1. The van der Waals surface area contributed by atoms with E-state index in [0.717, 1.165) is 0 Å². The first-order chi connectivity index (χ1) is 6.49. The van der Waals surface area contributed by atoms with Crippen molar-refractivity contribution in [3.63, 3.8) is 0 Å². The van der Waals surface area contributed by atoms with Crippen molar-refractivity contribution in [2.24, 2.45) is 0 Å². The molecule has 0 atom stereocenters. The fraction of sp³-hybridized carbons (Fsp3) is 0.333. The molecule has 0 radical (unpaired) electrons. The minimum atomic E-state index is -0.529. The number of aromatic nitrogens is 1. The maximum atomic E-state index is 11.3. The van der Waals surface area contributed by atoms with E-state index in [1.807, 2.05) is 0 Å². The topological polar surface area (TPSA) is 59.2 Å². The van der Waals surface area contributed by atoms with Crippen molar-refractivity contribution >= 4 is 21.9 Å². The number of ether oxygens (including phenoxy) is 1. The summed E-state index contributed by atoms with van der Waals surface area (Å²) in [6, 6.07) is 2.54. The molecule has 5 heteroatoms. The number of H-pyrrole nitrogens is 1. The van der Waals surface area contributed by atoms with E-state index < -0.39 is 5.97 Å². The normalized spacial score (nSPS) is 10.3. The largest absolute Gasteiger partial charge is 0.458 e. The summed E-state index contributed by atoms with van der Waals surface area (Å²) in [5.41, 5.74) is -0.0931. The Kier molecular flexibility index (Phi) is 3.46. The Morgan fingerprint density at radius 2 is 2.14 bits per heavy atom. The van der Waals surface area contributed by atoms with Gasteiger partial charge in [0.1, 0.15) is 5.69 Å². The molecule has 14 heavy (non-hydrogen) atoms. The third-order valence-corrected chi connectivity index (χ3v) is 1.80. The first kappa shape index (κ1) is 11.0. The number of halogens is 1. The van der Waals surface area contributed by atoms with Crippen molar-refractivity contribution in [3.05, 3.63) is 32.7 Å². The zero-order valence-corrected chi connectivity index (χ0v) is 9.42. The van der Waals surface area contributed by atoms with Gasteiger partial charge in [-0.15, -0.1) is 0 Å². The monoisotopic (exact) mass is 259 g/mol. The molecule has 0 fully saturated rings. The van der Waals surface area contributed by atoms with Crippen LogP contribution in [-0.4, -0.2) is 17.1 Å². The highest BCUT2D eigenvalue weighted by Crippen LogP contribution is 2.05. The van der Waals surface area contributed by atoms with Gasteiger partial charge in [0, 0.05) is 12.1 Å². The number of aromatic amines is 1. The van der Waals surface area contributed by atoms with Crippen LogP contribution in [0.4, 0.5) is 0 Å². The van der Waals surface area contributed by atoms with Gasteiger partial charge in [0.2, 0.25) is 0 Å². The Morgan fingerprint density at radius 1 is 1.50 bits per heavy atom. The first-order valence-corrected chi connectivity index (χ1v) is 4.89. The van der Waals surface area contributed by atoms with Crippen molar-refractivity contribution in [2.75, 3.05) is 0 Å². The molecule has 0 aliphatic heterocycles. The van der Waals surface area contributed by atoms with E-state index in [4.69, 9.17) is 4.74 Å². The van der Waals surface area contributed by atoms with E-state index in [-0.39, 0.29) is 17.2 Å². The molecular formula is C9H10BrNO3. The van der Waals surface area contributed by atoms with Crippen molar-refractivity contribution in [3.8, 4) is 0 Å². The molecule has 1 aromatic heterocycles. The summed E-state index contributed by atoms with van der Waals surface area (Å²) >= 11 is 3.08. The number of carbonyl (C=O) groups is 1. The second kappa shape index (κ2) is 4.41. The minimum Gasteiger partial charge on any atom is -0.458 e. The van der Waals surface area contributed by atoms with Gasteiger partial charge >= 0.3 is 5.97 Å². The summed E-state index contributed by atoms with van der Waals surface area (Å²) in [6.45, 7) is 3.49. The molecule has 0 amide bonds. The smallest absolute Gasteiger partial charge is 0.355 e. The van der Waals surface area contributed by atoms with E-state index in [0.29, 0.717) is 4.60 Å². The van der Waals surface area contributed by atoms with Crippen LogP contribution in [0.15, 0.2) is 21.5 Å². The van der Waals surface area contributed by atoms with Crippen LogP contribution in [0.2, 0.25) is 0 Å². The van der Waals surface area contributed by atoms with Crippen molar-refractivity contribution in [2.45, 2.75) is 20.0 Å². The molecule has 0 unspecified atom stereocenters. The summed E-state index contributed by atoms with van der Waals surface area (Å²) in [5.74, 6) is -0.529. The second-order valence-corrected chi connectivity index (χ2v) is 3.89. The van der Waals surface area contributed by atoms with Crippen LogP contribution in [0, 0.1) is 0 Å². The zero-order valence-electron chi connectivity index (χ0n) is 7.83. The zero-order chi connectivity index (χ0) is 10.7. The Bertz CT molecular complexity index is 397. The van der Waals surface area contributed by atoms with Crippen LogP contribution in [0.3, 0.4) is 0 Å². The van der Waals surface area contributed by atoms with Gasteiger partial charge in [-0.25, -0.2) is 4.79 Å². The molecule has 0 saturated heterocycles. The van der Waals surface area contributed by atoms with Crippen LogP contribution < -0.4 is 5.43 Å². The molecule has 1 aromatic rings. The fourth-order valence-corrected chi connectivity index (χ4v) is 1.34. The average Bonchev–Trinajstić information content (AvgIpc) is 2.00. The molecule has 1 N–H and O–H groups in total. The lowest BCUT2D eigenvalue weighted by molar-refractivity contribution is 0.0370. The number of hydrogen-bond acceptors (Lipinski definition) is 3. The van der Waals surface area contributed by atoms with Gasteiger partial charge in [0.25, 0.3) is 0 Å². The highest BCUT2D eigenvalue weighted by Gasteiger charge is 2.10. The van der Waals surface area contributed by atoms with Crippen molar-refractivity contribution < 1.29 is 9.53 Å². The molecule has 1 heterocycles. The van der Waals surface area contributed by atoms with Crippen LogP contribution >= 0.6 is 15.9 Å². The molecule has 0 bridgehead atoms. The van der Waals surface area contributed by atoms with Crippen molar-refractivity contribution in [1.82, 2.24) is 4.98 Å². The lowest BCUT2D eigenvalue weighted by Crippen LogP contribution is -2.15. The van der Waals surface area contributed by atoms with E-state index in [1.165, 1.54) is 12.1 Å². The van der Waals surface area contributed by atoms with Crippen LogP contribution in [-0.2, 0) is 4.74 Å². The first-order valence-electron chi connectivity index (χ1n) is 4.10. The Balaban J connectivity index is 2.96. The molecule has 76 valence electrons. The summed E-state index contributed by atoms with van der Waals surface area (Å²) in [7, 11) is 0. The SMILES string of the molecule is CC(C)OC(=O)c1cc(=O)cc(Br)[nH]1. The highest BCUT2D eigenvalue weighted by atomic mass is 79.9. The predicted octanol–water partition coefficient (Wildman–Crippen LogP) is 1.70. The Labute approximate surface area is 89.4 Å². The van der Waals surface area contributed by atoms with Gasteiger partial charge in [-0.05, 0) is 29.8 Å². The number of rotatable bonds is 2. The molecule has 4 nitrogen and oxygen atoms in total. The van der Waals surface area contributed by atoms with E-state index >= 15 is 0 Å². The van der Waals surface area contributed by atoms with Gasteiger partial charge in [-0.2, -0.15) is 0 Å². The summed E-state index contributed by atoms with van der Waals surface area (Å²) < 4.78 is 5.38. The molecule has 0 saturated carbocycles. The quantitative estimate of drug-likeness (QED) is 0.650. The molecule has 1 rings (SSSR count). The number of carbonyl (C=O) groups excluding carboxylic acids is 1. The van der Waals surface area contributed by atoms with Crippen LogP contribution in [0.5, 0.6) is 0 Å². The lowest BCUT2D eigenvalue weighted by Gasteiger charge is -2.07. The Morgan fingerprint density at radius 3 is 2.64 bits per heavy atom. The number of esters is 1. The van der Waals surface area contributed by atoms with E-state index in [2.05, 4.69) is 20.9 Å². The summed E-state index contributed by atoms with van der Waals surface area (Å²) in [6.07, 6.45) is -0.204. The van der Waals surface area contributed by atoms with E-state index in [9.17, 15) is 9.59 Å². The van der Waals surface area contributed by atoms with Gasteiger partial charge < -0.3 is 9.72 Å². The van der Waals surface area contributed by atoms with E-state index in [1.54, 1.807) is 13.8 Å². The molecule has 0 spiro atoms. The maximum Gasteiger partial charge on any atom is 0.355 e. The average molecular weight is 260 g/mol. The minimum absolute atomic E-state index is 0.151. The van der Waals surface area contributed by atoms with Crippen LogP contribution in [0.25, 0.3) is 0 Å². The fourth-order valence-electron chi connectivity index (χ4n) is 0.897. The van der Waals surface area contributed by atoms with Gasteiger partial charge in [-0.1, -0.05) is 0 Å². The van der Waals surface area contributed by atoms with Crippen molar-refractivity contribution in [1.29, 1.82) is 0 Å². The predicted molar refractivity (Wildman–Crippen MR) is 55.3 cm³/mol. The van der Waals surface area contributed by atoms with Gasteiger partial charge in [0.05, 0.1) is 10.7 Å².